The molecule has 1 aromatic carbocycles. The molecule has 0 aliphatic heterocycles. The van der Waals surface area contributed by atoms with Gasteiger partial charge in [0.25, 0.3) is 0 Å². The Morgan fingerprint density at radius 1 is 1.16 bits per heavy atom. The Balaban J connectivity index is 2.44. The highest BCUT2D eigenvalue weighted by Crippen LogP contribution is 2.48. The van der Waals surface area contributed by atoms with Crippen molar-refractivity contribution in [1.29, 1.82) is 0 Å². The molecule has 0 aromatic heterocycles. The Bertz CT molecular complexity index is 469. The lowest BCUT2D eigenvalue weighted by Gasteiger charge is -2.16. The molecule has 1 aliphatic carbocycles. The number of Topliss-reactive ketones (excluding diaryl/α,β-unsaturated/α-hetero) is 1. The zero-order valence-corrected chi connectivity index (χ0v) is 11.5. The van der Waals surface area contributed by atoms with Crippen LogP contribution in [0.4, 0.5) is 0 Å². The van der Waals surface area contributed by atoms with E-state index in [-0.39, 0.29) is 11.2 Å². The average molecular weight is 265 g/mol. The summed E-state index contributed by atoms with van der Waals surface area (Å²) >= 11 is 0. The molecule has 104 valence electrons. The highest BCUT2D eigenvalue weighted by molar-refractivity contribution is 6.03. The Morgan fingerprint density at radius 2 is 1.68 bits per heavy atom. The number of carbonyl (C=O) groups excluding carboxylic acids is 1. The molecular formula is C14H19NO4. The maximum atomic E-state index is 12.5. The summed E-state index contributed by atoms with van der Waals surface area (Å²) in [5, 5.41) is 0. The van der Waals surface area contributed by atoms with Gasteiger partial charge in [-0.2, -0.15) is 0 Å². The Labute approximate surface area is 112 Å². The van der Waals surface area contributed by atoms with Crippen molar-refractivity contribution >= 4 is 5.78 Å². The van der Waals surface area contributed by atoms with Gasteiger partial charge in [0.15, 0.2) is 17.3 Å². The van der Waals surface area contributed by atoms with Gasteiger partial charge in [-0.25, -0.2) is 0 Å². The second kappa shape index (κ2) is 5.09. The fourth-order valence-corrected chi connectivity index (χ4v) is 2.19. The minimum absolute atomic E-state index is 0.0502. The van der Waals surface area contributed by atoms with Gasteiger partial charge in [0.2, 0.25) is 5.75 Å². The molecular weight excluding hydrogens is 246 g/mol. The number of nitrogens with two attached hydrogens (primary N) is 1. The van der Waals surface area contributed by atoms with Crippen LogP contribution in [0.25, 0.3) is 0 Å². The second-order valence-electron chi connectivity index (χ2n) is 4.73. The SMILES string of the molecule is COc1cc(C(=O)C2(CN)CC2)cc(OC)c1OC. The van der Waals surface area contributed by atoms with E-state index in [0.29, 0.717) is 29.4 Å². The number of hydrogen-bond donors (Lipinski definition) is 1. The minimum Gasteiger partial charge on any atom is -0.493 e. The van der Waals surface area contributed by atoms with Crippen molar-refractivity contribution in [3.63, 3.8) is 0 Å². The van der Waals surface area contributed by atoms with E-state index in [0.717, 1.165) is 12.8 Å². The van der Waals surface area contributed by atoms with Crippen LogP contribution in [0, 0.1) is 5.41 Å². The van der Waals surface area contributed by atoms with Gasteiger partial charge >= 0.3 is 0 Å². The lowest BCUT2D eigenvalue weighted by molar-refractivity contribution is 0.0905. The fourth-order valence-electron chi connectivity index (χ4n) is 2.19. The van der Waals surface area contributed by atoms with Crippen molar-refractivity contribution in [2.75, 3.05) is 27.9 Å². The van der Waals surface area contributed by atoms with Crippen molar-refractivity contribution in [3.05, 3.63) is 17.7 Å². The van der Waals surface area contributed by atoms with Crippen molar-refractivity contribution in [3.8, 4) is 17.2 Å². The molecule has 0 saturated heterocycles. The average Bonchev–Trinajstić information content (AvgIpc) is 3.25. The van der Waals surface area contributed by atoms with E-state index in [9.17, 15) is 4.79 Å². The second-order valence-corrected chi connectivity index (χ2v) is 4.73. The molecule has 2 rings (SSSR count). The van der Waals surface area contributed by atoms with Crippen LogP contribution in [0.15, 0.2) is 12.1 Å². The molecule has 0 atom stereocenters. The van der Waals surface area contributed by atoms with E-state index >= 15 is 0 Å². The third-order valence-electron chi connectivity index (χ3n) is 3.65. The molecule has 1 fully saturated rings. The van der Waals surface area contributed by atoms with Crippen LogP contribution >= 0.6 is 0 Å². The highest BCUT2D eigenvalue weighted by atomic mass is 16.5. The third-order valence-corrected chi connectivity index (χ3v) is 3.65. The van der Waals surface area contributed by atoms with Gasteiger partial charge in [0.1, 0.15) is 0 Å². The predicted molar refractivity (Wildman–Crippen MR) is 71.1 cm³/mol. The molecule has 1 saturated carbocycles. The third kappa shape index (κ3) is 2.26. The molecule has 1 aromatic rings. The normalized spacial score (nSPS) is 15.8. The molecule has 0 unspecified atom stereocenters. The number of ether oxygens (including phenoxy) is 3. The number of carbonyl (C=O) groups is 1. The monoisotopic (exact) mass is 265 g/mol. The maximum absolute atomic E-state index is 12.5. The summed E-state index contributed by atoms with van der Waals surface area (Å²) < 4.78 is 15.7. The van der Waals surface area contributed by atoms with Gasteiger partial charge in [0.05, 0.1) is 21.3 Å². The molecule has 0 amide bonds. The molecule has 0 heterocycles. The Hall–Kier alpha value is -1.75. The van der Waals surface area contributed by atoms with E-state index in [4.69, 9.17) is 19.9 Å². The van der Waals surface area contributed by atoms with Crippen LogP contribution < -0.4 is 19.9 Å². The fraction of sp³-hybridized carbons (Fsp3) is 0.500. The number of rotatable bonds is 6. The standard InChI is InChI=1S/C14H19NO4/c1-17-10-6-9(7-11(18-2)12(10)19-3)13(16)14(8-15)4-5-14/h6-7H,4-5,8,15H2,1-3H3. The van der Waals surface area contributed by atoms with E-state index < -0.39 is 0 Å². The van der Waals surface area contributed by atoms with Crippen molar-refractivity contribution < 1.29 is 19.0 Å². The largest absolute Gasteiger partial charge is 0.493 e. The summed E-state index contributed by atoms with van der Waals surface area (Å²) in [6.07, 6.45) is 1.69. The topological polar surface area (TPSA) is 70.8 Å². The molecule has 5 nitrogen and oxygen atoms in total. The summed E-state index contributed by atoms with van der Waals surface area (Å²) in [7, 11) is 4.59. The molecule has 5 heteroatoms. The number of hydrogen-bond acceptors (Lipinski definition) is 5. The van der Waals surface area contributed by atoms with Crippen LogP contribution in [-0.4, -0.2) is 33.7 Å². The molecule has 2 N–H and O–H groups in total. The zero-order valence-electron chi connectivity index (χ0n) is 11.5. The number of benzene rings is 1. The van der Waals surface area contributed by atoms with Crippen LogP contribution in [0.2, 0.25) is 0 Å². The summed E-state index contributed by atoms with van der Waals surface area (Å²) in [5.74, 6) is 1.50. The Kier molecular flexibility index (Phi) is 3.66. The lowest BCUT2D eigenvalue weighted by atomic mass is 9.94. The van der Waals surface area contributed by atoms with Crippen LogP contribution in [0.5, 0.6) is 17.2 Å². The molecule has 0 bridgehead atoms. The van der Waals surface area contributed by atoms with E-state index in [2.05, 4.69) is 0 Å². The van der Waals surface area contributed by atoms with Gasteiger partial charge in [0, 0.05) is 17.5 Å². The van der Waals surface area contributed by atoms with Gasteiger partial charge in [-0.15, -0.1) is 0 Å². The minimum atomic E-state index is -0.384. The number of ketones is 1. The molecule has 1 aliphatic rings. The zero-order chi connectivity index (χ0) is 14.0. The smallest absolute Gasteiger partial charge is 0.203 e. The molecule has 0 radical (unpaired) electrons. The van der Waals surface area contributed by atoms with Gasteiger partial charge in [-0.3, -0.25) is 4.79 Å². The van der Waals surface area contributed by atoms with Gasteiger partial charge < -0.3 is 19.9 Å². The first-order valence-corrected chi connectivity index (χ1v) is 6.16. The maximum Gasteiger partial charge on any atom is 0.203 e. The van der Waals surface area contributed by atoms with Gasteiger partial charge in [-0.1, -0.05) is 0 Å². The lowest BCUT2D eigenvalue weighted by Crippen LogP contribution is -2.25. The van der Waals surface area contributed by atoms with E-state index in [1.165, 1.54) is 21.3 Å². The molecule has 0 spiro atoms. The Morgan fingerprint density at radius 3 is 2.00 bits per heavy atom. The molecule has 19 heavy (non-hydrogen) atoms. The van der Waals surface area contributed by atoms with E-state index in [1.807, 2.05) is 0 Å². The van der Waals surface area contributed by atoms with Crippen molar-refractivity contribution in [1.82, 2.24) is 0 Å². The quantitative estimate of drug-likeness (QED) is 0.792. The van der Waals surface area contributed by atoms with Crippen LogP contribution in [0.1, 0.15) is 23.2 Å². The summed E-state index contributed by atoms with van der Waals surface area (Å²) in [5.41, 5.74) is 5.87. The summed E-state index contributed by atoms with van der Waals surface area (Å²) in [6, 6.07) is 3.36. The number of methoxy groups -OCH3 is 3. The summed E-state index contributed by atoms with van der Waals surface area (Å²) in [4.78, 5) is 12.5. The highest BCUT2D eigenvalue weighted by Gasteiger charge is 2.48. The van der Waals surface area contributed by atoms with Crippen LogP contribution in [0.3, 0.4) is 0 Å². The van der Waals surface area contributed by atoms with Crippen molar-refractivity contribution in [2.45, 2.75) is 12.8 Å². The first kappa shape index (κ1) is 13.7. The first-order valence-electron chi connectivity index (χ1n) is 6.16. The predicted octanol–water partition coefficient (Wildman–Crippen LogP) is 1.63. The summed E-state index contributed by atoms with van der Waals surface area (Å²) in [6.45, 7) is 0.377. The van der Waals surface area contributed by atoms with E-state index in [1.54, 1.807) is 12.1 Å². The van der Waals surface area contributed by atoms with Crippen LogP contribution in [-0.2, 0) is 0 Å². The first-order chi connectivity index (χ1) is 9.11. The van der Waals surface area contributed by atoms with Crippen molar-refractivity contribution in [2.24, 2.45) is 11.1 Å². The van der Waals surface area contributed by atoms with Gasteiger partial charge in [-0.05, 0) is 25.0 Å².